The smallest absolute Gasteiger partial charge is 0.0253 e. The maximum atomic E-state index is 2.31. The van der Waals surface area contributed by atoms with Crippen LogP contribution in [0.25, 0.3) is 0 Å². The molecule has 0 aliphatic heterocycles. The highest BCUT2D eigenvalue weighted by molar-refractivity contribution is 9.09. The second kappa shape index (κ2) is 11.0. The van der Waals surface area contributed by atoms with E-state index in [0.717, 1.165) is 24.3 Å². The van der Waals surface area contributed by atoms with E-state index in [1.807, 2.05) is 31.4 Å². The molecule has 0 nitrogen and oxygen atoms in total. The number of hydrogen-bond donors (Lipinski definition) is 0. The molecule has 88 valence electrons. The van der Waals surface area contributed by atoms with E-state index in [4.69, 9.17) is 0 Å². The van der Waals surface area contributed by atoms with E-state index in [1.165, 1.54) is 11.1 Å². The summed E-state index contributed by atoms with van der Waals surface area (Å²) in [6, 6.07) is 0. The molecule has 0 spiro atoms. The summed E-state index contributed by atoms with van der Waals surface area (Å²) < 4.78 is 0. The molecule has 0 fully saturated rings. The predicted octanol–water partition coefficient (Wildman–Crippen LogP) is 5.73. The van der Waals surface area contributed by atoms with Crippen molar-refractivity contribution < 1.29 is 0 Å². The standard InChI is InChI=1S/C12H22S3/c1-5-7-11(3)9-13-15-14-10-12(4)8-6-2/h7-8H,5-6,9-10H2,1-4H3. The van der Waals surface area contributed by atoms with E-state index in [9.17, 15) is 0 Å². The molecular formula is C12H22S3. The first-order chi connectivity index (χ1) is 7.20. The van der Waals surface area contributed by atoms with Gasteiger partial charge in [-0.25, -0.2) is 0 Å². The monoisotopic (exact) mass is 262 g/mol. The van der Waals surface area contributed by atoms with Crippen molar-refractivity contribution in [2.75, 3.05) is 11.5 Å². The normalized spacial score (nSPS) is 13.3. The van der Waals surface area contributed by atoms with Gasteiger partial charge in [-0.2, -0.15) is 0 Å². The first-order valence-electron chi connectivity index (χ1n) is 5.43. The molecule has 0 aromatic heterocycles. The van der Waals surface area contributed by atoms with Gasteiger partial charge >= 0.3 is 0 Å². The molecule has 0 aliphatic carbocycles. The van der Waals surface area contributed by atoms with Crippen LogP contribution in [0.4, 0.5) is 0 Å². The molecule has 0 radical (unpaired) electrons. The average Bonchev–Trinajstić information content (AvgIpc) is 2.18. The molecular weight excluding hydrogens is 240 g/mol. The maximum Gasteiger partial charge on any atom is 0.0253 e. The Hall–Kier alpha value is 0.530. The zero-order chi connectivity index (χ0) is 11.5. The van der Waals surface area contributed by atoms with E-state index in [-0.39, 0.29) is 0 Å². The third-order valence-corrected chi connectivity index (χ3v) is 6.13. The van der Waals surface area contributed by atoms with Gasteiger partial charge < -0.3 is 0 Å². The van der Waals surface area contributed by atoms with Gasteiger partial charge in [-0.05, 0) is 36.5 Å². The molecule has 0 N–H and O–H groups in total. The van der Waals surface area contributed by atoms with Crippen LogP contribution < -0.4 is 0 Å². The van der Waals surface area contributed by atoms with Crippen LogP contribution >= 0.6 is 31.4 Å². The van der Waals surface area contributed by atoms with Crippen LogP contribution in [0, 0.1) is 0 Å². The number of allylic oxidation sites excluding steroid dienone is 2. The molecule has 0 saturated carbocycles. The number of hydrogen-bond acceptors (Lipinski definition) is 3. The molecule has 3 heteroatoms. The van der Waals surface area contributed by atoms with E-state index < -0.39 is 0 Å². The van der Waals surface area contributed by atoms with Gasteiger partial charge in [0.25, 0.3) is 0 Å². The van der Waals surface area contributed by atoms with Gasteiger partial charge in [-0.3, -0.25) is 0 Å². The summed E-state index contributed by atoms with van der Waals surface area (Å²) in [5.74, 6) is 2.31. The molecule has 0 bridgehead atoms. The van der Waals surface area contributed by atoms with Crippen LogP contribution in [-0.2, 0) is 0 Å². The summed E-state index contributed by atoms with van der Waals surface area (Å²) in [5.41, 5.74) is 2.99. The Labute approximate surface area is 107 Å². The SMILES string of the molecule is CCC=C(C)CSSSCC(C)=CCC. The fourth-order valence-corrected chi connectivity index (χ4v) is 4.94. The van der Waals surface area contributed by atoms with E-state index in [1.54, 1.807) is 0 Å². The molecule has 0 saturated heterocycles. The fourth-order valence-electron chi connectivity index (χ4n) is 1.08. The maximum absolute atomic E-state index is 2.31. The van der Waals surface area contributed by atoms with E-state index in [0.29, 0.717) is 0 Å². The van der Waals surface area contributed by atoms with Gasteiger partial charge in [0, 0.05) is 11.5 Å². The summed E-state index contributed by atoms with van der Waals surface area (Å²) in [5, 5.41) is 0. The lowest BCUT2D eigenvalue weighted by Crippen LogP contribution is -1.79. The van der Waals surface area contributed by atoms with Crippen LogP contribution in [-0.4, -0.2) is 11.5 Å². The Balaban J connectivity index is 3.40. The van der Waals surface area contributed by atoms with Crippen molar-refractivity contribution in [2.45, 2.75) is 40.5 Å². The topological polar surface area (TPSA) is 0 Å². The lowest BCUT2D eigenvalue weighted by atomic mass is 10.3. The highest BCUT2D eigenvalue weighted by Crippen LogP contribution is 2.36. The first-order valence-corrected chi connectivity index (χ1v) is 9.25. The second-order valence-electron chi connectivity index (χ2n) is 3.51. The fraction of sp³-hybridized carbons (Fsp3) is 0.667. The number of rotatable bonds is 8. The molecule has 0 rings (SSSR count). The van der Waals surface area contributed by atoms with E-state index in [2.05, 4.69) is 39.8 Å². The summed E-state index contributed by atoms with van der Waals surface area (Å²) in [6.45, 7) is 8.80. The van der Waals surface area contributed by atoms with E-state index >= 15 is 0 Å². The Bertz CT molecular complexity index is 185. The van der Waals surface area contributed by atoms with Crippen molar-refractivity contribution in [2.24, 2.45) is 0 Å². The van der Waals surface area contributed by atoms with Crippen molar-refractivity contribution in [3.05, 3.63) is 23.3 Å². The molecule has 0 unspecified atom stereocenters. The van der Waals surface area contributed by atoms with Crippen LogP contribution in [0.5, 0.6) is 0 Å². The first kappa shape index (κ1) is 15.5. The van der Waals surface area contributed by atoms with Gasteiger partial charge in [0.1, 0.15) is 0 Å². The summed E-state index contributed by atoms with van der Waals surface area (Å²) in [7, 11) is 5.80. The zero-order valence-corrected chi connectivity index (χ0v) is 12.7. The van der Waals surface area contributed by atoms with Gasteiger partial charge in [0.15, 0.2) is 0 Å². The third kappa shape index (κ3) is 10.8. The van der Waals surface area contributed by atoms with Crippen molar-refractivity contribution >= 4 is 31.4 Å². The van der Waals surface area contributed by atoms with Crippen molar-refractivity contribution in [3.63, 3.8) is 0 Å². The molecule has 0 amide bonds. The molecule has 0 aromatic carbocycles. The lowest BCUT2D eigenvalue weighted by molar-refractivity contribution is 1.18. The van der Waals surface area contributed by atoms with Gasteiger partial charge in [0.2, 0.25) is 0 Å². The Morgan fingerprint density at radius 1 is 0.867 bits per heavy atom. The molecule has 0 atom stereocenters. The van der Waals surface area contributed by atoms with Crippen LogP contribution in [0.3, 0.4) is 0 Å². The van der Waals surface area contributed by atoms with Gasteiger partial charge in [-0.15, -0.1) is 0 Å². The Morgan fingerprint density at radius 3 is 1.60 bits per heavy atom. The van der Waals surface area contributed by atoms with Crippen molar-refractivity contribution in [1.29, 1.82) is 0 Å². The highest BCUT2D eigenvalue weighted by Gasteiger charge is 1.94. The summed E-state index contributed by atoms with van der Waals surface area (Å²) in [6.07, 6.45) is 6.92. The molecule has 0 heterocycles. The molecule has 0 aromatic rings. The third-order valence-electron chi connectivity index (χ3n) is 1.77. The van der Waals surface area contributed by atoms with Gasteiger partial charge in [0.05, 0.1) is 0 Å². The second-order valence-corrected chi connectivity index (χ2v) is 7.74. The lowest BCUT2D eigenvalue weighted by Gasteiger charge is -2.01. The summed E-state index contributed by atoms with van der Waals surface area (Å²) in [4.78, 5) is 0. The molecule has 15 heavy (non-hydrogen) atoms. The quantitative estimate of drug-likeness (QED) is 0.311. The largest absolute Gasteiger partial charge is 0.0850 e. The van der Waals surface area contributed by atoms with Crippen molar-refractivity contribution in [3.8, 4) is 0 Å². The Morgan fingerprint density at radius 2 is 1.27 bits per heavy atom. The highest BCUT2D eigenvalue weighted by atomic mass is 33.5. The van der Waals surface area contributed by atoms with Crippen LogP contribution in [0.15, 0.2) is 23.3 Å². The zero-order valence-electron chi connectivity index (χ0n) is 10.2. The van der Waals surface area contributed by atoms with Crippen LogP contribution in [0.1, 0.15) is 40.5 Å². The summed E-state index contributed by atoms with van der Waals surface area (Å²) >= 11 is 0. The predicted molar refractivity (Wildman–Crippen MR) is 80.6 cm³/mol. The van der Waals surface area contributed by atoms with Gasteiger partial charge in [-0.1, -0.05) is 58.7 Å². The minimum absolute atomic E-state index is 1.15. The van der Waals surface area contributed by atoms with Crippen LogP contribution in [0.2, 0.25) is 0 Å². The minimum atomic E-state index is 1.15. The minimum Gasteiger partial charge on any atom is -0.0850 e. The Kier molecular flexibility index (Phi) is 11.4. The van der Waals surface area contributed by atoms with Crippen molar-refractivity contribution in [1.82, 2.24) is 0 Å². The molecule has 0 aliphatic rings. The average molecular weight is 263 g/mol.